The Kier molecular flexibility index (Phi) is 7.07. The van der Waals surface area contributed by atoms with Gasteiger partial charge in [-0.1, -0.05) is 0 Å². The molecule has 2 rings (SSSR count). The minimum atomic E-state index is -3.61. The maximum Gasteiger partial charge on any atom is 0.410 e. The van der Waals surface area contributed by atoms with Crippen molar-refractivity contribution in [2.75, 3.05) is 46.5 Å². The molecule has 152 valence electrons. The molecule has 0 aromatic heterocycles. The Morgan fingerprint density at radius 2 is 1.63 bits per heavy atom. The fourth-order valence-corrected chi connectivity index (χ4v) is 3.96. The first-order chi connectivity index (χ1) is 12.6. The normalized spacial score (nSPS) is 16.2. The second-order valence-corrected chi connectivity index (χ2v) is 9.12. The summed E-state index contributed by atoms with van der Waals surface area (Å²) in [5.41, 5.74) is -0.576. The monoisotopic (exact) mass is 400 g/mol. The van der Waals surface area contributed by atoms with Crippen molar-refractivity contribution >= 4 is 16.1 Å². The topological polar surface area (TPSA) is 85.4 Å². The lowest BCUT2D eigenvalue weighted by molar-refractivity contribution is 0.0192. The van der Waals surface area contributed by atoms with Gasteiger partial charge in [0.1, 0.15) is 18.0 Å². The molecule has 0 radical (unpaired) electrons. The van der Waals surface area contributed by atoms with Crippen molar-refractivity contribution < 1.29 is 27.4 Å². The molecule has 1 aliphatic heterocycles. The molecule has 1 aliphatic rings. The molecular formula is C18H28N2O6S. The van der Waals surface area contributed by atoms with E-state index in [4.69, 9.17) is 14.2 Å². The first-order valence-corrected chi connectivity index (χ1v) is 10.3. The highest BCUT2D eigenvalue weighted by molar-refractivity contribution is 7.89. The van der Waals surface area contributed by atoms with Gasteiger partial charge in [0.25, 0.3) is 0 Å². The second kappa shape index (κ2) is 8.90. The van der Waals surface area contributed by atoms with Crippen LogP contribution in [0.25, 0.3) is 0 Å². The van der Waals surface area contributed by atoms with Gasteiger partial charge in [0.05, 0.1) is 11.5 Å². The van der Waals surface area contributed by atoms with Crippen LogP contribution in [0.4, 0.5) is 4.79 Å². The minimum absolute atomic E-state index is 0.201. The molecule has 9 heteroatoms. The molecule has 1 aromatic rings. The van der Waals surface area contributed by atoms with E-state index in [9.17, 15) is 13.2 Å². The highest BCUT2D eigenvalue weighted by atomic mass is 32.2. The first kappa shape index (κ1) is 21.5. The number of ether oxygens (including phenoxy) is 3. The van der Waals surface area contributed by atoms with Crippen molar-refractivity contribution in [3.8, 4) is 5.75 Å². The van der Waals surface area contributed by atoms with Gasteiger partial charge in [0.15, 0.2) is 0 Å². The maximum absolute atomic E-state index is 12.8. The van der Waals surface area contributed by atoms with Crippen molar-refractivity contribution in [2.24, 2.45) is 0 Å². The minimum Gasteiger partial charge on any atom is -0.491 e. The van der Waals surface area contributed by atoms with Gasteiger partial charge in [0.2, 0.25) is 10.0 Å². The number of methoxy groups -OCH3 is 1. The van der Waals surface area contributed by atoms with E-state index in [1.807, 2.05) is 0 Å². The van der Waals surface area contributed by atoms with Crippen LogP contribution in [0.5, 0.6) is 5.75 Å². The summed E-state index contributed by atoms with van der Waals surface area (Å²) in [4.78, 5) is 13.8. The summed E-state index contributed by atoms with van der Waals surface area (Å²) in [6.07, 6.45) is -0.419. The van der Waals surface area contributed by atoms with Gasteiger partial charge in [0, 0.05) is 33.3 Å². The van der Waals surface area contributed by atoms with E-state index in [-0.39, 0.29) is 18.0 Å². The fraction of sp³-hybridized carbons (Fsp3) is 0.611. The SMILES string of the molecule is COCCOc1ccc(S(=O)(=O)N2CCN(C(=O)OC(C)(C)C)CC2)cc1. The lowest BCUT2D eigenvalue weighted by Gasteiger charge is -2.34. The van der Waals surface area contributed by atoms with Crippen LogP contribution >= 0.6 is 0 Å². The Morgan fingerprint density at radius 3 is 2.15 bits per heavy atom. The number of carbonyl (C=O) groups is 1. The van der Waals surface area contributed by atoms with E-state index in [2.05, 4.69) is 0 Å². The molecule has 0 bridgehead atoms. The highest BCUT2D eigenvalue weighted by Crippen LogP contribution is 2.21. The average Bonchev–Trinajstić information content (AvgIpc) is 2.61. The number of rotatable bonds is 6. The molecule has 0 N–H and O–H groups in total. The van der Waals surface area contributed by atoms with Crippen molar-refractivity contribution in [2.45, 2.75) is 31.3 Å². The average molecular weight is 400 g/mol. The van der Waals surface area contributed by atoms with E-state index in [0.29, 0.717) is 32.1 Å². The molecule has 1 fully saturated rings. The Balaban J connectivity index is 1.95. The summed E-state index contributed by atoms with van der Waals surface area (Å²) in [5.74, 6) is 0.584. The fourth-order valence-electron chi connectivity index (χ4n) is 2.54. The van der Waals surface area contributed by atoms with Gasteiger partial charge >= 0.3 is 6.09 Å². The van der Waals surface area contributed by atoms with Gasteiger partial charge in [-0.25, -0.2) is 13.2 Å². The van der Waals surface area contributed by atoms with Crippen LogP contribution in [0.3, 0.4) is 0 Å². The van der Waals surface area contributed by atoms with Crippen LogP contribution in [0.2, 0.25) is 0 Å². The molecule has 0 atom stereocenters. The van der Waals surface area contributed by atoms with Crippen LogP contribution in [-0.4, -0.2) is 75.8 Å². The van der Waals surface area contributed by atoms with Crippen molar-refractivity contribution in [3.05, 3.63) is 24.3 Å². The lowest BCUT2D eigenvalue weighted by Crippen LogP contribution is -2.51. The third-order valence-corrected chi connectivity index (χ3v) is 5.82. The smallest absolute Gasteiger partial charge is 0.410 e. The van der Waals surface area contributed by atoms with Gasteiger partial charge in [-0.3, -0.25) is 0 Å². The standard InChI is InChI=1S/C18H28N2O6S/c1-18(2,3)26-17(21)19-9-11-20(12-10-19)27(22,23)16-7-5-15(6-8-16)25-14-13-24-4/h5-8H,9-14H2,1-4H3. The number of amides is 1. The number of nitrogens with zero attached hydrogens (tertiary/aromatic N) is 2. The molecular weight excluding hydrogens is 372 g/mol. The molecule has 1 aromatic carbocycles. The highest BCUT2D eigenvalue weighted by Gasteiger charge is 2.31. The van der Waals surface area contributed by atoms with Crippen LogP contribution in [0, 0.1) is 0 Å². The summed E-state index contributed by atoms with van der Waals surface area (Å²) in [6.45, 7) is 7.31. The molecule has 8 nitrogen and oxygen atoms in total. The number of hydrogen-bond acceptors (Lipinski definition) is 6. The summed E-state index contributed by atoms with van der Waals surface area (Å²) < 4.78 is 42.7. The van der Waals surface area contributed by atoms with Gasteiger partial charge in [-0.15, -0.1) is 0 Å². The van der Waals surface area contributed by atoms with Crippen LogP contribution < -0.4 is 4.74 Å². The van der Waals surface area contributed by atoms with Crippen molar-refractivity contribution in [1.29, 1.82) is 0 Å². The number of sulfonamides is 1. The Hall–Kier alpha value is -1.84. The number of carbonyl (C=O) groups excluding carboxylic acids is 1. The lowest BCUT2D eigenvalue weighted by atomic mass is 10.2. The summed E-state index contributed by atoms with van der Waals surface area (Å²) in [5, 5.41) is 0. The number of piperazine rings is 1. The zero-order chi connectivity index (χ0) is 20.1. The Labute approximate surface area is 161 Å². The van der Waals surface area contributed by atoms with Gasteiger partial charge in [-0.2, -0.15) is 4.31 Å². The molecule has 1 amide bonds. The summed E-state index contributed by atoms with van der Waals surface area (Å²) in [6, 6.07) is 6.30. The Bertz CT molecular complexity index is 719. The third kappa shape index (κ3) is 6.08. The van der Waals surface area contributed by atoms with Crippen molar-refractivity contribution in [3.63, 3.8) is 0 Å². The predicted molar refractivity (Wildman–Crippen MR) is 100 cm³/mol. The molecule has 0 saturated carbocycles. The quantitative estimate of drug-likeness (QED) is 0.679. The van der Waals surface area contributed by atoms with E-state index in [1.54, 1.807) is 40.0 Å². The van der Waals surface area contributed by atoms with E-state index in [1.165, 1.54) is 21.3 Å². The van der Waals surface area contributed by atoms with E-state index in [0.717, 1.165) is 0 Å². The van der Waals surface area contributed by atoms with Crippen LogP contribution in [0.1, 0.15) is 20.8 Å². The molecule has 0 unspecified atom stereocenters. The largest absolute Gasteiger partial charge is 0.491 e. The van der Waals surface area contributed by atoms with Gasteiger partial charge in [-0.05, 0) is 45.0 Å². The summed E-state index contributed by atoms with van der Waals surface area (Å²) in [7, 11) is -2.03. The van der Waals surface area contributed by atoms with Crippen LogP contribution in [0.15, 0.2) is 29.2 Å². The summed E-state index contributed by atoms with van der Waals surface area (Å²) >= 11 is 0. The number of hydrogen-bond donors (Lipinski definition) is 0. The zero-order valence-corrected chi connectivity index (χ0v) is 17.1. The van der Waals surface area contributed by atoms with E-state index >= 15 is 0 Å². The first-order valence-electron chi connectivity index (χ1n) is 8.83. The third-order valence-electron chi connectivity index (χ3n) is 3.91. The van der Waals surface area contributed by atoms with E-state index < -0.39 is 21.7 Å². The second-order valence-electron chi connectivity index (χ2n) is 7.18. The zero-order valence-electron chi connectivity index (χ0n) is 16.3. The van der Waals surface area contributed by atoms with Gasteiger partial charge < -0.3 is 19.1 Å². The van der Waals surface area contributed by atoms with Crippen molar-refractivity contribution in [1.82, 2.24) is 9.21 Å². The predicted octanol–water partition coefficient (Wildman–Crippen LogP) is 1.95. The molecule has 0 aliphatic carbocycles. The molecule has 1 saturated heterocycles. The maximum atomic E-state index is 12.8. The van der Waals surface area contributed by atoms with Crippen LogP contribution in [-0.2, 0) is 19.5 Å². The molecule has 1 heterocycles. The number of benzene rings is 1. The molecule has 27 heavy (non-hydrogen) atoms. The Morgan fingerprint density at radius 1 is 1.04 bits per heavy atom. The molecule has 0 spiro atoms.